The molecular weight excluding hydrogens is 416 g/mol. The van der Waals surface area contributed by atoms with Crippen molar-refractivity contribution in [2.45, 2.75) is 68.9 Å². The molecule has 31 heavy (non-hydrogen) atoms. The van der Waals surface area contributed by atoms with Gasteiger partial charge in [0.1, 0.15) is 18.0 Å². The van der Waals surface area contributed by atoms with Crippen molar-refractivity contribution in [3.8, 4) is 5.75 Å². The maximum absolute atomic E-state index is 10.4. The molecule has 0 amide bonds. The molecule has 0 aromatic heterocycles. The van der Waals surface area contributed by atoms with Crippen molar-refractivity contribution in [1.29, 1.82) is 0 Å². The van der Waals surface area contributed by atoms with Gasteiger partial charge in [0.2, 0.25) is 0 Å². The summed E-state index contributed by atoms with van der Waals surface area (Å²) in [6, 6.07) is 10.8. The van der Waals surface area contributed by atoms with Gasteiger partial charge >= 0.3 is 0 Å². The number of fused-ring (bicyclic) bond motifs is 1. The van der Waals surface area contributed by atoms with Gasteiger partial charge < -0.3 is 24.8 Å². The van der Waals surface area contributed by atoms with Crippen LogP contribution in [0.3, 0.4) is 0 Å². The highest BCUT2D eigenvalue weighted by Gasteiger charge is 2.38. The zero-order valence-electron chi connectivity index (χ0n) is 17.5. The van der Waals surface area contributed by atoms with E-state index in [1.165, 1.54) is 24.0 Å². The number of halogens is 1. The van der Waals surface area contributed by atoms with Crippen LogP contribution in [0.1, 0.15) is 65.5 Å². The van der Waals surface area contributed by atoms with Gasteiger partial charge in [-0.15, -0.1) is 0 Å². The van der Waals surface area contributed by atoms with E-state index in [0.29, 0.717) is 23.8 Å². The summed E-state index contributed by atoms with van der Waals surface area (Å²) in [6.45, 7) is 0.277. The number of benzene rings is 2. The van der Waals surface area contributed by atoms with Crippen LogP contribution in [0, 0.1) is 0 Å². The average molecular weight is 445 g/mol. The number of hydrogen-bond acceptors (Lipinski definition) is 5. The minimum atomic E-state index is -1.09. The Balaban J connectivity index is 1.49. The van der Waals surface area contributed by atoms with Crippen LogP contribution in [-0.2, 0) is 17.6 Å². The van der Waals surface area contributed by atoms with E-state index < -0.39 is 24.4 Å². The molecule has 2 aliphatic heterocycles. The summed E-state index contributed by atoms with van der Waals surface area (Å²) in [5.41, 5.74) is 5.49. The van der Waals surface area contributed by atoms with Crippen LogP contribution in [0.4, 0.5) is 0 Å². The summed E-state index contributed by atoms with van der Waals surface area (Å²) in [5, 5.41) is 30.7. The number of ether oxygens (including phenoxy) is 2. The number of aliphatic hydroxyl groups is 3. The van der Waals surface area contributed by atoms with Crippen LogP contribution < -0.4 is 4.74 Å². The predicted molar refractivity (Wildman–Crippen MR) is 118 cm³/mol. The fourth-order valence-corrected chi connectivity index (χ4v) is 5.13. The monoisotopic (exact) mass is 444 g/mol. The van der Waals surface area contributed by atoms with E-state index in [9.17, 15) is 15.3 Å². The molecule has 1 aliphatic carbocycles. The van der Waals surface area contributed by atoms with Gasteiger partial charge in [-0.25, -0.2) is 0 Å². The van der Waals surface area contributed by atoms with Crippen LogP contribution >= 0.6 is 11.6 Å². The highest BCUT2D eigenvalue weighted by molar-refractivity contribution is 6.33. The van der Waals surface area contributed by atoms with Gasteiger partial charge in [0, 0.05) is 12.0 Å². The summed E-state index contributed by atoms with van der Waals surface area (Å²) in [4.78, 5) is 0. The topological polar surface area (TPSA) is 79.2 Å². The summed E-state index contributed by atoms with van der Waals surface area (Å²) in [6.07, 6.45) is 1.93. The average Bonchev–Trinajstić information content (AvgIpc) is 3.63. The Kier molecular flexibility index (Phi) is 5.97. The molecule has 0 bridgehead atoms. The fourth-order valence-electron chi connectivity index (χ4n) is 4.84. The Labute approximate surface area is 187 Å². The molecule has 3 N–H and O–H groups in total. The Morgan fingerprint density at radius 1 is 1.10 bits per heavy atom. The Bertz CT molecular complexity index is 940. The molecule has 2 aromatic carbocycles. The lowest BCUT2D eigenvalue weighted by Crippen LogP contribution is -2.47. The molecule has 166 valence electrons. The normalized spacial score (nSPS) is 28.1. The van der Waals surface area contributed by atoms with E-state index in [1.54, 1.807) is 0 Å². The standard InChI is InChI=1S/C25H29ClO5/c26-23-17(10-14-3-5-15(6-4-14)16-7-8-16)11-19(18-2-1-9-30-25(18)23)21-12-20(28)24(29)22(13-27)31-21/h3-6,11,16,20-22,24,27-29H,1-2,7-10,12-13H2/t20?,21?,22?,24-/m0/s1. The summed E-state index contributed by atoms with van der Waals surface area (Å²) in [5.74, 6) is 1.44. The van der Waals surface area contributed by atoms with Crippen LogP contribution in [0.15, 0.2) is 30.3 Å². The lowest BCUT2D eigenvalue weighted by molar-refractivity contribution is -0.181. The first-order valence-electron chi connectivity index (χ1n) is 11.2. The number of rotatable bonds is 5. The first-order chi connectivity index (χ1) is 15.0. The van der Waals surface area contributed by atoms with E-state index >= 15 is 0 Å². The molecular formula is C25H29ClO5. The van der Waals surface area contributed by atoms with E-state index in [0.717, 1.165) is 35.4 Å². The third-order valence-electron chi connectivity index (χ3n) is 6.77. The van der Waals surface area contributed by atoms with Crippen LogP contribution in [-0.4, -0.2) is 46.8 Å². The molecule has 1 saturated heterocycles. The molecule has 2 fully saturated rings. The van der Waals surface area contributed by atoms with Gasteiger partial charge in [-0.05, 0) is 60.3 Å². The van der Waals surface area contributed by atoms with Crippen molar-refractivity contribution < 1.29 is 24.8 Å². The van der Waals surface area contributed by atoms with Crippen LogP contribution in [0.5, 0.6) is 5.75 Å². The van der Waals surface area contributed by atoms with Crippen LogP contribution in [0.2, 0.25) is 5.02 Å². The second kappa shape index (κ2) is 8.72. The molecule has 5 rings (SSSR count). The van der Waals surface area contributed by atoms with Crippen molar-refractivity contribution >= 4 is 11.6 Å². The van der Waals surface area contributed by atoms with Crippen molar-refractivity contribution in [2.75, 3.05) is 13.2 Å². The third-order valence-corrected chi connectivity index (χ3v) is 7.19. The summed E-state index contributed by atoms with van der Waals surface area (Å²) in [7, 11) is 0. The quantitative estimate of drug-likeness (QED) is 0.655. The summed E-state index contributed by atoms with van der Waals surface area (Å²) < 4.78 is 12.0. The molecule has 5 nitrogen and oxygen atoms in total. The van der Waals surface area contributed by atoms with Crippen molar-refractivity contribution in [1.82, 2.24) is 0 Å². The molecule has 0 spiro atoms. The van der Waals surface area contributed by atoms with E-state index in [-0.39, 0.29) is 13.0 Å². The van der Waals surface area contributed by atoms with Gasteiger partial charge in [0.25, 0.3) is 0 Å². The van der Waals surface area contributed by atoms with Crippen molar-refractivity contribution in [3.05, 3.63) is 63.2 Å². The fraction of sp³-hybridized carbons (Fsp3) is 0.520. The van der Waals surface area contributed by atoms with Crippen LogP contribution in [0.25, 0.3) is 0 Å². The largest absolute Gasteiger partial charge is 0.492 e. The molecule has 0 radical (unpaired) electrons. The zero-order valence-corrected chi connectivity index (χ0v) is 18.2. The third kappa shape index (κ3) is 4.22. The molecule has 6 heteroatoms. The minimum absolute atomic E-state index is 0.265. The van der Waals surface area contributed by atoms with Gasteiger partial charge in [-0.2, -0.15) is 0 Å². The van der Waals surface area contributed by atoms with Gasteiger partial charge in [-0.1, -0.05) is 41.9 Å². The summed E-state index contributed by atoms with van der Waals surface area (Å²) >= 11 is 6.79. The number of hydrogen-bond donors (Lipinski definition) is 3. The Hall–Kier alpha value is -1.63. The van der Waals surface area contributed by atoms with Crippen molar-refractivity contribution in [3.63, 3.8) is 0 Å². The highest BCUT2D eigenvalue weighted by atomic mass is 35.5. The number of aliphatic hydroxyl groups excluding tert-OH is 3. The molecule has 3 unspecified atom stereocenters. The van der Waals surface area contributed by atoms with Gasteiger partial charge in [0.05, 0.1) is 30.4 Å². The lowest BCUT2D eigenvalue weighted by Gasteiger charge is -2.38. The first kappa shape index (κ1) is 21.2. The predicted octanol–water partition coefficient (Wildman–Crippen LogP) is 3.68. The van der Waals surface area contributed by atoms with Gasteiger partial charge in [-0.3, -0.25) is 0 Å². The highest BCUT2D eigenvalue weighted by Crippen LogP contribution is 2.44. The van der Waals surface area contributed by atoms with Gasteiger partial charge in [0.15, 0.2) is 0 Å². The maximum atomic E-state index is 10.4. The molecule has 2 heterocycles. The molecule has 1 saturated carbocycles. The second-order valence-corrected chi connectivity index (χ2v) is 9.41. The zero-order chi connectivity index (χ0) is 21.5. The second-order valence-electron chi connectivity index (χ2n) is 9.03. The minimum Gasteiger partial charge on any atom is -0.492 e. The lowest BCUT2D eigenvalue weighted by atomic mass is 9.87. The Morgan fingerprint density at radius 2 is 1.87 bits per heavy atom. The molecule has 3 aliphatic rings. The van der Waals surface area contributed by atoms with E-state index in [1.807, 2.05) is 0 Å². The molecule has 4 atom stereocenters. The van der Waals surface area contributed by atoms with E-state index in [4.69, 9.17) is 21.1 Å². The smallest absolute Gasteiger partial charge is 0.141 e. The Morgan fingerprint density at radius 3 is 2.58 bits per heavy atom. The molecule has 2 aromatic rings. The first-order valence-corrected chi connectivity index (χ1v) is 11.6. The van der Waals surface area contributed by atoms with Crippen molar-refractivity contribution in [2.24, 2.45) is 0 Å². The SMILES string of the molecule is OCC1OC(c2cc(Cc3ccc(C4CC4)cc3)c(Cl)c3c2CCCO3)CC(O)[C@@H]1O. The van der Waals surface area contributed by atoms with E-state index in [2.05, 4.69) is 30.3 Å². The maximum Gasteiger partial charge on any atom is 0.141 e.